The highest BCUT2D eigenvalue weighted by Gasteiger charge is 2.05. The number of aromatic nitrogens is 2. The van der Waals surface area contributed by atoms with Gasteiger partial charge in [-0.2, -0.15) is 0 Å². The zero-order valence-corrected chi connectivity index (χ0v) is 12.7. The number of nitrogens with zero attached hydrogens (tertiary/aromatic N) is 2. The van der Waals surface area contributed by atoms with Crippen molar-refractivity contribution in [3.05, 3.63) is 29.9 Å². The molecule has 0 aromatic carbocycles. The maximum Gasteiger partial charge on any atom is 0.149 e. The summed E-state index contributed by atoms with van der Waals surface area (Å²) in [6, 6.07) is 4.24. The zero-order valence-electron chi connectivity index (χ0n) is 11.8. The molecular weight excluding hydrogens is 252 g/mol. The van der Waals surface area contributed by atoms with Crippen LogP contribution in [0.3, 0.4) is 0 Å². The van der Waals surface area contributed by atoms with Gasteiger partial charge >= 0.3 is 0 Å². The lowest BCUT2D eigenvalue weighted by Crippen LogP contribution is -1.98. The summed E-state index contributed by atoms with van der Waals surface area (Å²) in [5.74, 6) is 1.13. The van der Waals surface area contributed by atoms with Crippen LogP contribution in [-0.2, 0) is 6.54 Å². The summed E-state index contributed by atoms with van der Waals surface area (Å²) in [6.45, 7) is 3.37. The van der Waals surface area contributed by atoms with E-state index in [-0.39, 0.29) is 0 Å². The molecule has 2 heterocycles. The maximum atomic E-state index is 4.47. The van der Waals surface area contributed by atoms with Crippen LogP contribution in [0.25, 0.3) is 10.7 Å². The van der Waals surface area contributed by atoms with Crippen molar-refractivity contribution in [3.8, 4) is 10.7 Å². The topological polar surface area (TPSA) is 17.8 Å². The first kappa shape index (κ1) is 14.3. The van der Waals surface area contributed by atoms with Gasteiger partial charge in [0.25, 0.3) is 0 Å². The third-order valence-corrected chi connectivity index (χ3v) is 4.33. The molecule has 0 radical (unpaired) electrons. The zero-order chi connectivity index (χ0) is 13.3. The molecule has 0 fully saturated rings. The van der Waals surface area contributed by atoms with Crippen molar-refractivity contribution in [2.75, 3.05) is 0 Å². The van der Waals surface area contributed by atoms with E-state index in [0.29, 0.717) is 0 Å². The molecule has 0 aliphatic rings. The van der Waals surface area contributed by atoms with Crippen LogP contribution in [0.4, 0.5) is 0 Å². The van der Waals surface area contributed by atoms with Crippen LogP contribution in [0, 0.1) is 0 Å². The second-order valence-electron chi connectivity index (χ2n) is 5.04. The molecule has 0 atom stereocenters. The van der Waals surface area contributed by atoms with E-state index < -0.39 is 0 Å². The maximum absolute atomic E-state index is 4.47. The molecule has 0 aliphatic heterocycles. The second-order valence-corrected chi connectivity index (χ2v) is 5.99. The summed E-state index contributed by atoms with van der Waals surface area (Å²) < 4.78 is 2.29. The molecule has 0 spiro atoms. The highest BCUT2D eigenvalue weighted by atomic mass is 32.1. The van der Waals surface area contributed by atoms with Gasteiger partial charge in [0, 0.05) is 18.9 Å². The van der Waals surface area contributed by atoms with E-state index >= 15 is 0 Å². The van der Waals surface area contributed by atoms with Crippen molar-refractivity contribution in [2.45, 2.75) is 58.4 Å². The Labute approximate surface area is 120 Å². The SMILES string of the molecule is CCCCCCCCCn1ccnc1-c1cccs1. The summed E-state index contributed by atoms with van der Waals surface area (Å²) in [6.07, 6.45) is 13.5. The number of hydrogen-bond donors (Lipinski definition) is 0. The van der Waals surface area contributed by atoms with E-state index in [0.717, 1.165) is 12.4 Å². The Kier molecular flexibility index (Phi) is 6.15. The Balaban J connectivity index is 1.71. The van der Waals surface area contributed by atoms with Crippen molar-refractivity contribution in [1.29, 1.82) is 0 Å². The van der Waals surface area contributed by atoms with Crippen LogP contribution < -0.4 is 0 Å². The number of imidazole rings is 1. The van der Waals surface area contributed by atoms with E-state index in [1.54, 1.807) is 11.3 Å². The molecule has 2 aromatic rings. The lowest BCUT2D eigenvalue weighted by molar-refractivity contribution is 0.552. The molecule has 3 heteroatoms. The van der Waals surface area contributed by atoms with Gasteiger partial charge in [-0.1, -0.05) is 51.5 Å². The van der Waals surface area contributed by atoms with Crippen molar-refractivity contribution < 1.29 is 0 Å². The minimum Gasteiger partial charge on any atom is -0.330 e. The molecular formula is C16H24N2S. The number of hydrogen-bond acceptors (Lipinski definition) is 2. The lowest BCUT2D eigenvalue weighted by Gasteiger charge is -2.06. The lowest BCUT2D eigenvalue weighted by atomic mass is 10.1. The predicted octanol–water partition coefficient (Wildman–Crippen LogP) is 5.36. The van der Waals surface area contributed by atoms with Crippen molar-refractivity contribution >= 4 is 11.3 Å². The van der Waals surface area contributed by atoms with Crippen LogP contribution >= 0.6 is 11.3 Å². The fourth-order valence-corrected chi connectivity index (χ4v) is 3.10. The highest BCUT2D eigenvalue weighted by molar-refractivity contribution is 7.13. The van der Waals surface area contributed by atoms with E-state index in [1.807, 2.05) is 6.20 Å². The first-order chi connectivity index (χ1) is 9.42. The summed E-state index contributed by atoms with van der Waals surface area (Å²) >= 11 is 1.76. The van der Waals surface area contributed by atoms with Gasteiger partial charge in [-0.25, -0.2) is 4.98 Å². The number of aryl methyl sites for hydroxylation is 1. The fourth-order valence-electron chi connectivity index (χ4n) is 2.36. The minimum absolute atomic E-state index is 1.10. The number of rotatable bonds is 9. The summed E-state index contributed by atoms with van der Waals surface area (Å²) in [5, 5.41) is 2.11. The van der Waals surface area contributed by atoms with Gasteiger partial charge < -0.3 is 4.57 Å². The highest BCUT2D eigenvalue weighted by Crippen LogP contribution is 2.23. The van der Waals surface area contributed by atoms with Crippen LogP contribution in [0.15, 0.2) is 29.9 Å². The Hall–Kier alpha value is -1.09. The molecule has 0 bridgehead atoms. The van der Waals surface area contributed by atoms with Gasteiger partial charge in [0.1, 0.15) is 5.82 Å². The predicted molar refractivity (Wildman–Crippen MR) is 83.5 cm³/mol. The van der Waals surface area contributed by atoms with Gasteiger partial charge in [0.15, 0.2) is 0 Å². The largest absolute Gasteiger partial charge is 0.330 e. The molecule has 2 aromatic heterocycles. The smallest absolute Gasteiger partial charge is 0.149 e. The Morgan fingerprint density at radius 3 is 2.63 bits per heavy atom. The van der Waals surface area contributed by atoms with Crippen molar-refractivity contribution in [1.82, 2.24) is 9.55 Å². The summed E-state index contributed by atoms with van der Waals surface area (Å²) in [4.78, 5) is 5.74. The molecule has 0 N–H and O–H groups in total. The van der Waals surface area contributed by atoms with E-state index in [2.05, 4.69) is 40.2 Å². The average Bonchev–Trinajstić information content (AvgIpc) is 3.08. The second kappa shape index (κ2) is 8.16. The van der Waals surface area contributed by atoms with Gasteiger partial charge in [-0.15, -0.1) is 11.3 Å². The van der Waals surface area contributed by atoms with Crippen molar-refractivity contribution in [2.24, 2.45) is 0 Å². The number of unbranched alkanes of at least 4 members (excludes halogenated alkanes) is 6. The Morgan fingerprint density at radius 1 is 1.11 bits per heavy atom. The third-order valence-electron chi connectivity index (χ3n) is 3.46. The monoisotopic (exact) mass is 276 g/mol. The van der Waals surface area contributed by atoms with Gasteiger partial charge in [0.05, 0.1) is 4.88 Å². The van der Waals surface area contributed by atoms with Gasteiger partial charge in [-0.05, 0) is 17.9 Å². The normalized spacial score (nSPS) is 11.0. The Bertz CT molecular complexity index is 445. The van der Waals surface area contributed by atoms with Crippen LogP contribution in [0.1, 0.15) is 51.9 Å². The molecule has 104 valence electrons. The van der Waals surface area contributed by atoms with Crippen LogP contribution in [0.2, 0.25) is 0 Å². The average molecular weight is 276 g/mol. The molecule has 0 unspecified atom stereocenters. The van der Waals surface area contributed by atoms with E-state index in [9.17, 15) is 0 Å². The molecule has 2 rings (SSSR count). The number of thiophene rings is 1. The van der Waals surface area contributed by atoms with E-state index in [4.69, 9.17) is 0 Å². The first-order valence-corrected chi connectivity index (χ1v) is 8.35. The summed E-state index contributed by atoms with van der Waals surface area (Å²) in [7, 11) is 0. The van der Waals surface area contributed by atoms with E-state index in [1.165, 1.54) is 49.8 Å². The van der Waals surface area contributed by atoms with Crippen LogP contribution in [0.5, 0.6) is 0 Å². The van der Waals surface area contributed by atoms with Crippen LogP contribution in [-0.4, -0.2) is 9.55 Å². The molecule has 0 saturated carbocycles. The van der Waals surface area contributed by atoms with Gasteiger partial charge in [0.2, 0.25) is 0 Å². The fraction of sp³-hybridized carbons (Fsp3) is 0.562. The first-order valence-electron chi connectivity index (χ1n) is 7.47. The van der Waals surface area contributed by atoms with Gasteiger partial charge in [-0.3, -0.25) is 0 Å². The quantitative estimate of drug-likeness (QED) is 0.564. The van der Waals surface area contributed by atoms with Crippen molar-refractivity contribution in [3.63, 3.8) is 0 Å². The molecule has 0 saturated heterocycles. The molecule has 0 aliphatic carbocycles. The molecule has 2 nitrogen and oxygen atoms in total. The minimum atomic E-state index is 1.10. The Morgan fingerprint density at radius 2 is 1.89 bits per heavy atom. The summed E-state index contributed by atoms with van der Waals surface area (Å²) in [5.41, 5.74) is 0. The third kappa shape index (κ3) is 4.50. The molecule has 19 heavy (non-hydrogen) atoms. The molecule has 0 amide bonds. The standard InChI is InChI=1S/C16H24N2S/c1-2-3-4-5-6-7-8-12-18-13-11-17-16(18)15-10-9-14-19-15/h9-11,13-14H,2-8,12H2,1H3.